The molecule has 1 aromatic carbocycles. The van der Waals surface area contributed by atoms with Crippen LogP contribution in [0.3, 0.4) is 0 Å². The van der Waals surface area contributed by atoms with Crippen LogP contribution in [-0.4, -0.2) is 11.6 Å². The fourth-order valence-electron chi connectivity index (χ4n) is 2.03. The number of aromatic nitrogens is 1. The zero-order valence-electron chi connectivity index (χ0n) is 9.24. The minimum atomic E-state index is -0.574. The third-order valence-electron chi connectivity index (χ3n) is 2.89. The number of oxazole rings is 1. The van der Waals surface area contributed by atoms with Crippen molar-refractivity contribution >= 4 is 11.6 Å². The summed E-state index contributed by atoms with van der Waals surface area (Å²) >= 11 is 0. The van der Waals surface area contributed by atoms with Crippen LogP contribution in [0, 0.1) is 0 Å². The summed E-state index contributed by atoms with van der Waals surface area (Å²) in [5, 5.41) is 0. The fourth-order valence-corrected chi connectivity index (χ4v) is 2.03. The van der Waals surface area contributed by atoms with Gasteiger partial charge in [0.25, 0.3) is 17.2 Å². The van der Waals surface area contributed by atoms with Crippen molar-refractivity contribution in [1.82, 2.24) is 0 Å². The minimum Gasteiger partial charge on any atom is -0.397 e. The highest BCUT2D eigenvalue weighted by atomic mass is 16.4. The summed E-state index contributed by atoms with van der Waals surface area (Å²) in [5.41, 5.74) is 1.78. The highest BCUT2D eigenvalue weighted by Crippen LogP contribution is 2.30. The molecule has 1 aromatic heterocycles. The molecule has 2 aromatic rings. The molecule has 0 spiro atoms. The highest BCUT2D eigenvalue weighted by Gasteiger charge is 2.38. The highest BCUT2D eigenvalue weighted by molar-refractivity contribution is 6.51. The van der Waals surface area contributed by atoms with Gasteiger partial charge in [0.05, 0.1) is 12.0 Å². The van der Waals surface area contributed by atoms with E-state index in [-0.39, 0.29) is 5.76 Å². The molecule has 0 fully saturated rings. The van der Waals surface area contributed by atoms with Gasteiger partial charge in [0.2, 0.25) is 5.78 Å². The second-order valence-corrected chi connectivity index (χ2v) is 3.91. The molecular weight excluding hydrogens is 218 g/mol. The number of carbonyl (C=O) groups excluding carboxylic acids is 2. The largest absolute Gasteiger partial charge is 0.397 e. The lowest BCUT2D eigenvalue weighted by Crippen LogP contribution is -2.23. The molecule has 3 rings (SSSR count). The van der Waals surface area contributed by atoms with Crippen LogP contribution in [0.2, 0.25) is 0 Å². The smallest absolute Gasteiger partial charge is 0.346 e. The van der Waals surface area contributed by atoms with E-state index in [1.54, 1.807) is 12.1 Å². The standard InChI is InChI=1S/C13H9NO3/c1-2-9-14-10-7-5-3-4-6-8(7)11(15)12(16)13(10)17-9/h3-6H,2H2,1H3/p+1. The van der Waals surface area contributed by atoms with Crippen LogP contribution in [0.5, 0.6) is 0 Å². The van der Waals surface area contributed by atoms with Gasteiger partial charge in [-0.1, -0.05) is 25.1 Å². The molecule has 4 nitrogen and oxygen atoms in total. The first-order chi connectivity index (χ1) is 8.22. The Balaban J connectivity index is 2.34. The molecule has 0 amide bonds. The number of Topliss-reactive ketones (excluding diaryl/α,β-unsaturated/α-hetero) is 2. The lowest BCUT2D eigenvalue weighted by Gasteiger charge is -2.07. The lowest BCUT2D eigenvalue weighted by molar-refractivity contribution is -0.385. The lowest BCUT2D eigenvalue weighted by atomic mass is 9.91. The molecule has 84 valence electrons. The van der Waals surface area contributed by atoms with Gasteiger partial charge in [0, 0.05) is 5.56 Å². The number of fused-ring (bicyclic) bond motifs is 3. The Morgan fingerprint density at radius 3 is 2.53 bits per heavy atom. The number of H-pyrrole nitrogens is 1. The van der Waals surface area contributed by atoms with Crippen LogP contribution in [0.15, 0.2) is 28.7 Å². The van der Waals surface area contributed by atoms with Crippen molar-refractivity contribution in [3.63, 3.8) is 0 Å². The summed E-state index contributed by atoms with van der Waals surface area (Å²) in [5.74, 6) is -0.341. The van der Waals surface area contributed by atoms with Gasteiger partial charge >= 0.3 is 5.89 Å². The van der Waals surface area contributed by atoms with E-state index in [2.05, 4.69) is 4.98 Å². The molecule has 17 heavy (non-hydrogen) atoms. The molecule has 0 unspecified atom stereocenters. The molecule has 1 aliphatic rings. The van der Waals surface area contributed by atoms with Crippen molar-refractivity contribution in [2.45, 2.75) is 13.3 Å². The van der Waals surface area contributed by atoms with Crippen molar-refractivity contribution in [3.8, 4) is 11.3 Å². The van der Waals surface area contributed by atoms with Crippen molar-refractivity contribution in [3.05, 3.63) is 41.5 Å². The van der Waals surface area contributed by atoms with Gasteiger partial charge in [0.15, 0.2) is 0 Å². The second-order valence-electron chi connectivity index (χ2n) is 3.91. The summed E-state index contributed by atoms with van der Waals surface area (Å²) in [6.07, 6.45) is 0.649. The maximum atomic E-state index is 11.9. The molecule has 0 saturated carbocycles. The molecule has 1 heterocycles. The number of carbonyl (C=O) groups is 2. The first-order valence-corrected chi connectivity index (χ1v) is 5.45. The average Bonchev–Trinajstić information content (AvgIpc) is 2.80. The van der Waals surface area contributed by atoms with Crippen molar-refractivity contribution in [2.24, 2.45) is 0 Å². The third kappa shape index (κ3) is 1.27. The monoisotopic (exact) mass is 228 g/mol. The normalized spacial score (nSPS) is 13.5. The van der Waals surface area contributed by atoms with Gasteiger partial charge in [0.1, 0.15) is 0 Å². The van der Waals surface area contributed by atoms with Crippen LogP contribution < -0.4 is 4.98 Å². The van der Waals surface area contributed by atoms with E-state index >= 15 is 0 Å². The van der Waals surface area contributed by atoms with Gasteiger partial charge in [-0.3, -0.25) is 9.59 Å². The Hall–Kier alpha value is -2.23. The van der Waals surface area contributed by atoms with E-state index in [0.717, 1.165) is 5.56 Å². The molecule has 0 bridgehead atoms. The van der Waals surface area contributed by atoms with E-state index in [4.69, 9.17) is 4.42 Å². The number of benzene rings is 1. The minimum absolute atomic E-state index is 0.130. The van der Waals surface area contributed by atoms with Gasteiger partial charge < -0.3 is 4.42 Å². The van der Waals surface area contributed by atoms with E-state index in [1.165, 1.54) is 0 Å². The predicted molar refractivity (Wildman–Crippen MR) is 58.7 cm³/mol. The molecule has 0 saturated heterocycles. The Morgan fingerprint density at radius 2 is 1.82 bits per heavy atom. The van der Waals surface area contributed by atoms with Crippen LogP contribution in [0.4, 0.5) is 0 Å². The first kappa shape index (κ1) is 9.96. The number of aryl methyl sites for hydroxylation is 1. The number of aromatic amines is 1. The predicted octanol–water partition coefficient (Wildman–Crippen LogP) is 1.70. The Labute approximate surface area is 97.3 Å². The Kier molecular flexibility index (Phi) is 1.98. The van der Waals surface area contributed by atoms with E-state index in [0.29, 0.717) is 23.6 Å². The molecule has 1 aliphatic carbocycles. The summed E-state index contributed by atoms with van der Waals surface area (Å²) in [4.78, 5) is 26.7. The Bertz CT molecular complexity index is 640. The molecule has 0 radical (unpaired) electrons. The number of ketones is 2. The number of hydrogen-bond acceptors (Lipinski definition) is 3. The fraction of sp³-hybridized carbons (Fsp3) is 0.154. The van der Waals surface area contributed by atoms with Gasteiger partial charge in [-0.05, 0) is 6.07 Å². The average molecular weight is 228 g/mol. The van der Waals surface area contributed by atoms with E-state index < -0.39 is 11.6 Å². The van der Waals surface area contributed by atoms with Gasteiger partial charge in [-0.25, -0.2) is 0 Å². The van der Waals surface area contributed by atoms with Crippen molar-refractivity contribution < 1.29 is 19.0 Å². The van der Waals surface area contributed by atoms with E-state index in [1.807, 2.05) is 19.1 Å². The molecule has 1 N–H and O–H groups in total. The van der Waals surface area contributed by atoms with Crippen LogP contribution >= 0.6 is 0 Å². The van der Waals surface area contributed by atoms with Gasteiger partial charge in [-0.2, -0.15) is 4.98 Å². The number of rotatable bonds is 1. The summed E-state index contributed by atoms with van der Waals surface area (Å²) in [6, 6.07) is 7.04. The van der Waals surface area contributed by atoms with Crippen molar-refractivity contribution in [2.75, 3.05) is 0 Å². The quantitative estimate of drug-likeness (QED) is 0.698. The number of nitrogens with one attached hydrogen (secondary N) is 1. The zero-order chi connectivity index (χ0) is 12.0. The number of hydrogen-bond donors (Lipinski definition) is 0. The first-order valence-electron chi connectivity index (χ1n) is 5.45. The summed E-state index contributed by atoms with van der Waals surface area (Å²) in [7, 11) is 0. The maximum Gasteiger partial charge on any atom is 0.346 e. The Morgan fingerprint density at radius 1 is 1.12 bits per heavy atom. The molecule has 0 atom stereocenters. The topological polar surface area (TPSA) is 61.4 Å². The van der Waals surface area contributed by atoms with Crippen LogP contribution in [0.1, 0.15) is 33.7 Å². The molecule has 4 heteroatoms. The second kappa shape index (κ2) is 3.38. The summed E-state index contributed by atoms with van der Waals surface area (Å²) in [6.45, 7) is 1.92. The maximum absolute atomic E-state index is 11.9. The van der Waals surface area contributed by atoms with Gasteiger partial charge in [-0.15, -0.1) is 0 Å². The van der Waals surface area contributed by atoms with Crippen LogP contribution in [-0.2, 0) is 6.42 Å². The molecule has 0 aliphatic heterocycles. The van der Waals surface area contributed by atoms with Crippen LogP contribution in [0.25, 0.3) is 11.3 Å². The van der Waals surface area contributed by atoms with Crippen molar-refractivity contribution in [1.29, 1.82) is 0 Å². The third-order valence-corrected chi connectivity index (χ3v) is 2.89. The molecular formula is C13H10NO3+. The SMILES string of the molecule is CCc1[nH+]c2c(o1)C(=O)C(=O)c1ccccc1-2. The zero-order valence-corrected chi connectivity index (χ0v) is 9.24. The summed E-state index contributed by atoms with van der Waals surface area (Å²) < 4.78 is 5.37. The van der Waals surface area contributed by atoms with E-state index in [9.17, 15) is 9.59 Å².